The average Bonchev–Trinajstić information content (AvgIpc) is 2.47. The fourth-order valence-electron chi connectivity index (χ4n) is 3.00. The number of rotatable bonds is 3. The van der Waals surface area contributed by atoms with Crippen molar-refractivity contribution in [3.8, 4) is 5.75 Å². The van der Waals surface area contributed by atoms with E-state index in [1.54, 1.807) is 0 Å². The fourth-order valence-corrected chi connectivity index (χ4v) is 4.76. The van der Waals surface area contributed by atoms with Crippen LogP contribution in [0.25, 0.3) is 0 Å². The van der Waals surface area contributed by atoms with Gasteiger partial charge in [-0.3, -0.25) is 0 Å². The van der Waals surface area contributed by atoms with E-state index in [-0.39, 0.29) is 17.4 Å². The Morgan fingerprint density at radius 1 is 1.19 bits per heavy atom. The van der Waals surface area contributed by atoms with Gasteiger partial charge in [0.25, 0.3) is 0 Å². The molecule has 3 atom stereocenters. The van der Waals surface area contributed by atoms with Crippen molar-refractivity contribution >= 4 is 10.0 Å². The fraction of sp³-hybridized carbons (Fsp3) is 0.600. The maximum Gasteiger partial charge on any atom is 0.215 e. The number of sulfonamides is 1. The summed E-state index contributed by atoms with van der Waals surface area (Å²) in [6.07, 6.45) is 1.78. The van der Waals surface area contributed by atoms with E-state index >= 15 is 0 Å². The summed E-state index contributed by atoms with van der Waals surface area (Å²) < 4.78 is 39.1. The number of hydrogen-bond acceptors (Lipinski definition) is 4. The van der Waals surface area contributed by atoms with Crippen LogP contribution in [0.2, 0.25) is 0 Å². The Hall–Kier alpha value is -1.11. The van der Waals surface area contributed by atoms with Crippen LogP contribution >= 0.6 is 0 Å². The van der Waals surface area contributed by atoms with E-state index in [9.17, 15) is 8.42 Å². The molecule has 1 fully saturated rings. The lowest BCUT2D eigenvalue weighted by atomic mass is 10.0. The van der Waals surface area contributed by atoms with Crippen LogP contribution in [0.5, 0.6) is 5.75 Å². The Labute approximate surface area is 125 Å². The number of ether oxygens (including phenoxy) is 2. The molecule has 3 unspecified atom stereocenters. The molecular weight excluding hydrogens is 290 g/mol. The first kappa shape index (κ1) is 14.8. The molecule has 1 aromatic carbocycles. The van der Waals surface area contributed by atoms with Crippen LogP contribution < -0.4 is 9.46 Å². The van der Waals surface area contributed by atoms with Gasteiger partial charge in [-0.1, -0.05) is 18.2 Å². The topological polar surface area (TPSA) is 64.6 Å². The standard InChI is InChI=1S/C15H21NO4S/c1-11-10-12(6-8-19-11)21(17,18)16-14-7-9-20-15-5-3-2-4-13(14)15/h2-5,11-12,14,16H,6-10H2,1H3. The van der Waals surface area contributed by atoms with Gasteiger partial charge >= 0.3 is 0 Å². The molecule has 2 aliphatic rings. The minimum absolute atomic E-state index is 0.00213. The summed E-state index contributed by atoms with van der Waals surface area (Å²) >= 11 is 0. The number of benzene rings is 1. The Morgan fingerprint density at radius 3 is 2.81 bits per heavy atom. The van der Waals surface area contributed by atoms with Gasteiger partial charge in [0.15, 0.2) is 0 Å². The van der Waals surface area contributed by atoms with Gasteiger partial charge in [-0.25, -0.2) is 13.1 Å². The average molecular weight is 311 g/mol. The third kappa shape index (κ3) is 3.22. The number of nitrogens with one attached hydrogen (secondary N) is 1. The number of hydrogen-bond donors (Lipinski definition) is 1. The first-order valence-corrected chi connectivity index (χ1v) is 8.95. The van der Waals surface area contributed by atoms with E-state index in [2.05, 4.69) is 4.72 Å². The maximum absolute atomic E-state index is 12.6. The molecule has 1 saturated heterocycles. The SMILES string of the molecule is CC1CC(S(=O)(=O)NC2CCOc3ccccc32)CCO1. The quantitative estimate of drug-likeness (QED) is 0.927. The monoisotopic (exact) mass is 311 g/mol. The molecule has 0 spiro atoms. The highest BCUT2D eigenvalue weighted by molar-refractivity contribution is 7.90. The highest BCUT2D eigenvalue weighted by Crippen LogP contribution is 2.33. The van der Waals surface area contributed by atoms with Crippen LogP contribution in [-0.2, 0) is 14.8 Å². The summed E-state index contributed by atoms with van der Waals surface area (Å²) in [5, 5.41) is -0.365. The molecule has 2 aliphatic heterocycles. The van der Waals surface area contributed by atoms with Gasteiger partial charge in [-0.15, -0.1) is 0 Å². The van der Waals surface area contributed by atoms with Gasteiger partial charge in [-0.05, 0) is 25.8 Å². The Morgan fingerprint density at radius 2 is 2.00 bits per heavy atom. The van der Waals surface area contributed by atoms with Crippen LogP contribution in [0.15, 0.2) is 24.3 Å². The second kappa shape index (κ2) is 5.94. The van der Waals surface area contributed by atoms with Crippen molar-refractivity contribution in [2.45, 2.75) is 43.6 Å². The van der Waals surface area contributed by atoms with Crippen LogP contribution in [0.1, 0.15) is 37.8 Å². The van der Waals surface area contributed by atoms with E-state index in [4.69, 9.17) is 9.47 Å². The third-order valence-corrected chi connectivity index (χ3v) is 6.06. The van der Waals surface area contributed by atoms with E-state index in [0.717, 1.165) is 11.3 Å². The highest BCUT2D eigenvalue weighted by Gasteiger charge is 2.34. The summed E-state index contributed by atoms with van der Waals surface area (Å²) in [4.78, 5) is 0. The summed E-state index contributed by atoms with van der Waals surface area (Å²) in [6, 6.07) is 7.42. The molecule has 0 radical (unpaired) electrons. The molecule has 0 amide bonds. The molecule has 1 aromatic rings. The molecule has 0 saturated carbocycles. The minimum Gasteiger partial charge on any atom is -0.493 e. The summed E-state index contributed by atoms with van der Waals surface area (Å²) in [5.41, 5.74) is 0.924. The second-order valence-corrected chi connectivity index (χ2v) is 7.71. The molecular formula is C15H21NO4S. The van der Waals surface area contributed by atoms with Crippen LogP contribution in [0.4, 0.5) is 0 Å². The van der Waals surface area contributed by atoms with E-state index in [0.29, 0.717) is 32.5 Å². The molecule has 0 aromatic heterocycles. The molecule has 1 N–H and O–H groups in total. The van der Waals surface area contributed by atoms with Crippen molar-refractivity contribution in [2.75, 3.05) is 13.2 Å². The van der Waals surface area contributed by atoms with Gasteiger partial charge in [0.1, 0.15) is 5.75 Å². The summed E-state index contributed by atoms with van der Waals surface area (Å²) in [7, 11) is -3.34. The lowest BCUT2D eigenvalue weighted by Crippen LogP contribution is -2.42. The normalized spacial score (nSPS) is 29.5. The second-order valence-electron chi connectivity index (χ2n) is 5.72. The zero-order chi connectivity index (χ0) is 14.9. The van der Waals surface area contributed by atoms with Crippen molar-refractivity contribution < 1.29 is 17.9 Å². The van der Waals surface area contributed by atoms with E-state index in [1.165, 1.54) is 0 Å². The largest absolute Gasteiger partial charge is 0.493 e. The van der Waals surface area contributed by atoms with Gasteiger partial charge in [0.05, 0.1) is 24.0 Å². The molecule has 2 heterocycles. The van der Waals surface area contributed by atoms with Gasteiger partial charge in [-0.2, -0.15) is 0 Å². The predicted molar refractivity (Wildman–Crippen MR) is 79.8 cm³/mol. The van der Waals surface area contributed by atoms with Gasteiger partial charge in [0.2, 0.25) is 10.0 Å². The molecule has 21 heavy (non-hydrogen) atoms. The lowest BCUT2D eigenvalue weighted by Gasteiger charge is -2.31. The minimum atomic E-state index is -3.34. The molecule has 0 aliphatic carbocycles. The number of fused-ring (bicyclic) bond motifs is 1. The van der Waals surface area contributed by atoms with Crippen molar-refractivity contribution in [1.29, 1.82) is 0 Å². The van der Waals surface area contributed by atoms with E-state index < -0.39 is 10.0 Å². The van der Waals surface area contributed by atoms with Crippen LogP contribution in [-0.4, -0.2) is 33.0 Å². The first-order valence-electron chi connectivity index (χ1n) is 7.41. The van der Waals surface area contributed by atoms with Crippen molar-refractivity contribution in [2.24, 2.45) is 0 Å². The molecule has 6 heteroatoms. The Balaban J connectivity index is 1.77. The van der Waals surface area contributed by atoms with Crippen LogP contribution in [0, 0.1) is 0 Å². The van der Waals surface area contributed by atoms with Crippen molar-refractivity contribution in [1.82, 2.24) is 4.72 Å². The first-order chi connectivity index (χ1) is 10.1. The van der Waals surface area contributed by atoms with Crippen molar-refractivity contribution in [3.63, 3.8) is 0 Å². The highest BCUT2D eigenvalue weighted by atomic mass is 32.2. The molecule has 5 nitrogen and oxygen atoms in total. The molecule has 3 rings (SSSR count). The Bertz CT molecular complexity index is 601. The summed E-state index contributed by atoms with van der Waals surface area (Å²) in [5.74, 6) is 0.775. The predicted octanol–water partition coefficient (Wildman–Crippen LogP) is 2.00. The zero-order valence-electron chi connectivity index (χ0n) is 12.1. The molecule has 116 valence electrons. The maximum atomic E-state index is 12.6. The van der Waals surface area contributed by atoms with E-state index in [1.807, 2.05) is 31.2 Å². The Kier molecular flexibility index (Phi) is 4.19. The summed E-state index contributed by atoms with van der Waals surface area (Å²) in [6.45, 7) is 2.97. The number of para-hydroxylation sites is 1. The van der Waals surface area contributed by atoms with Gasteiger partial charge < -0.3 is 9.47 Å². The van der Waals surface area contributed by atoms with Gasteiger partial charge in [0, 0.05) is 18.6 Å². The molecule has 0 bridgehead atoms. The van der Waals surface area contributed by atoms with Crippen molar-refractivity contribution in [3.05, 3.63) is 29.8 Å². The smallest absolute Gasteiger partial charge is 0.215 e. The zero-order valence-corrected chi connectivity index (χ0v) is 12.9. The lowest BCUT2D eigenvalue weighted by molar-refractivity contribution is 0.0298. The van der Waals surface area contributed by atoms with Crippen LogP contribution in [0.3, 0.4) is 0 Å². The third-order valence-electron chi connectivity index (χ3n) is 4.14.